The molecule has 23 heavy (non-hydrogen) atoms. The van der Waals surface area contributed by atoms with Gasteiger partial charge in [-0.3, -0.25) is 4.79 Å². The Bertz CT molecular complexity index is 682. The lowest BCUT2D eigenvalue weighted by Gasteiger charge is -2.12. The van der Waals surface area contributed by atoms with E-state index >= 15 is 0 Å². The molecular weight excluding hydrogens is 299 g/mol. The second-order valence-electron chi connectivity index (χ2n) is 5.63. The van der Waals surface area contributed by atoms with Crippen LogP contribution in [0.25, 0.3) is 0 Å². The normalized spacial score (nSPS) is 18.8. The largest absolute Gasteiger partial charge is 0.376 e. The summed E-state index contributed by atoms with van der Waals surface area (Å²) in [4.78, 5) is 12.1. The maximum Gasteiger partial charge on any atom is 0.273 e. The molecule has 2 atom stereocenters. The molecule has 1 aliphatic rings. The van der Waals surface area contributed by atoms with Gasteiger partial charge in [0.25, 0.3) is 5.91 Å². The van der Waals surface area contributed by atoms with Crippen LogP contribution in [0.4, 0.5) is 4.39 Å². The van der Waals surface area contributed by atoms with Crippen molar-refractivity contribution in [2.75, 3.05) is 13.2 Å². The molecule has 0 spiro atoms. The van der Waals surface area contributed by atoms with E-state index in [1.54, 1.807) is 25.1 Å². The summed E-state index contributed by atoms with van der Waals surface area (Å²) >= 11 is 0. The van der Waals surface area contributed by atoms with Crippen LogP contribution >= 0.6 is 0 Å². The van der Waals surface area contributed by atoms with Gasteiger partial charge < -0.3 is 10.1 Å². The molecule has 1 aliphatic heterocycles. The van der Waals surface area contributed by atoms with Gasteiger partial charge in [-0.05, 0) is 25.8 Å². The van der Waals surface area contributed by atoms with E-state index in [0.29, 0.717) is 12.1 Å². The third-order valence-corrected chi connectivity index (χ3v) is 4.01. The van der Waals surface area contributed by atoms with Crippen LogP contribution in [0.1, 0.15) is 41.9 Å². The topological polar surface area (TPSA) is 69.0 Å². The molecule has 1 N–H and O–H groups in total. The van der Waals surface area contributed by atoms with Crippen LogP contribution in [0, 0.1) is 5.82 Å². The van der Waals surface area contributed by atoms with E-state index in [1.807, 2.05) is 0 Å². The number of aromatic nitrogens is 3. The number of rotatable bonds is 5. The summed E-state index contributed by atoms with van der Waals surface area (Å²) in [5.74, 6) is -0.604. The highest BCUT2D eigenvalue weighted by atomic mass is 19.1. The Morgan fingerprint density at radius 3 is 3.09 bits per heavy atom. The first-order valence-corrected chi connectivity index (χ1v) is 7.71. The molecule has 6 nitrogen and oxygen atoms in total. The average Bonchev–Trinajstić information content (AvgIpc) is 3.24. The maximum atomic E-state index is 13.8. The molecular formula is C16H19FN4O2. The second kappa shape index (κ2) is 6.87. The maximum absolute atomic E-state index is 13.8. The van der Waals surface area contributed by atoms with E-state index in [0.717, 1.165) is 19.4 Å². The van der Waals surface area contributed by atoms with E-state index in [4.69, 9.17) is 4.74 Å². The molecule has 3 rings (SSSR count). The van der Waals surface area contributed by atoms with Crippen molar-refractivity contribution in [3.05, 3.63) is 47.5 Å². The van der Waals surface area contributed by atoms with Crippen LogP contribution in [0.15, 0.2) is 30.5 Å². The van der Waals surface area contributed by atoms with Gasteiger partial charge in [-0.1, -0.05) is 23.4 Å². The van der Waals surface area contributed by atoms with Crippen molar-refractivity contribution < 1.29 is 13.9 Å². The van der Waals surface area contributed by atoms with E-state index in [-0.39, 0.29) is 29.6 Å². The zero-order valence-corrected chi connectivity index (χ0v) is 12.9. The van der Waals surface area contributed by atoms with Crippen LogP contribution in [0.3, 0.4) is 0 Å². The van der Waals surface area contributed by atoms with Crippen LogP contribution in [-0.4, -0.2) is 40.2 Å². The van der Waals surface area contributed by atoms with Gasteiger partial charge in [0, 0.05) is 18.7 Å². The summed E-state index contributed by atoms with van der Waals surface area (Å²) in [5, 5.41) is 10.6. The molecule has 2 aromatic rings. The fourth-order valence-electron chi connectivity index (χ4n) is 2.63. The van der Waals surface area contributed by atoms with Crippen molar-refractivity contribution in [2.45, 2.75) is 31.9 Å². The smallest absolute Gasteiger partial charge is 0.273 e. The molecule has 1 aromatic heterocycles. The third-order valence-electron chi connectivity index (χ3n) is 4.01. The number of nitrogens with zero attached hydrogens (tertiary/aromatic N) is 3. The lowest BCUT2D eigenvalue weighted by atomic mass is 10.1. The van der Waals surface area contributed by atoms with Crippen molar-refractivity contribution in [2.24, 2.45) is 0 Å². The number of benzene rings is 1. The third kappa shape index (κ3) is 3.56. The fourth-order valence-corrected chi connectivity index (χ4v) is 2.63. The number of ether oxygens (including phenoxy) is 1. The van der Waals surface area contributed by atoms with Gasteiger partial charge in [-0.15, -0.1) is 5.10 Å². The summed E-state index contributed by atoms with van der Waals surface area (Å²) in [7, 11) is 0. The Kier molecular flexibility index (Phi) is 4.66. The number of hydrogen-bond donors (Lipinski definition) is 1. The quantitative estimate of drug-likeness (QED) is 0.914. The lowest BCUT2D eigenvalue weighted by Crippen LogP contribution is -2.32. The van der Waals surface area contributed by atoms with Crippen LogP contribution < -0.4 is 5.32 Å². The lowest BCUT2D eigenvalue weighted by molar-refractivity contribution is 0.0853. The molecule has 2 heterocycles. The number of carbonyl (C=O) groups is 1. The minimum atomic E-state index is -0.344. The molecule has 7 heteroatoms. The fraction of sp³-hybridized carbons (Fsp3) is 0.438. The first-order valence-electron chi connectivity index (χ1n) is 7.71. The van der Waals surface area contributed by atoms with E-state index in [9.17, 15) is 9.18 Å². The van der Waals surface area contributed by atoms with Gasteiger partial charge in [0.1, 0.15) is 5.82 Å². The van der Waals surface area contributed by atoms with E-state index in [1.165, 1.54) is 16.9 Å². The minimum Gasteiger partial charge on any atom is -0.376 e. The van der Waals surface area contributed by atoms with Gasteiger partial charge in [0.2, 0.25) is 0 Å². The van der Waals surface area contributed by atoms with Crippen LogP contribution in [-0.2, 0) is 4.74 Å². The summed E-state index contributed by atoms with van der Waals surface area (Å²) in [6.07, 6.45) is 3.59. The van der Waals surface area contributed by atoms with E-state index in [2.05, 4.69) is 15.6 Å². The van der Waals surface area contributed by atoms with Crippen LogP contribution in [0.2, 0.25) is 0 Å². The van der Waals surface area contributed by atoms with Gasteiger partial charge in [-0.25, -0.2) is 9.07 Å². The molecule has 1 aromatic carbocycles. The van der Waals surface area contributed by atoms with Gasteiger partial charge in [-0.2, -0.15) is 0 Å². The van der Waals surface area contributed by atoms with Gasteiger partial charge in [0.15, 0.2) is 5.69 Å². The Hall–Kier alpha value is -2.28. The number of hydrogen-bond acceptors (Lipinski definition) is 4. The SMILES string of the molecule is C[C@H](c1ccccc1F)n1cc(C(=O)NC[C@H]2CCCO2)nn1. The number of nitrogens with one attached hydrogen (secondary N) is 1. The Morgan fingerprint density at radius 1 is 1.52 bits per heavy atom. The molecule has 1 amide bonds. The van der Waals surface area contributed by atoms with Crippen molar-refractivity contribution in [3.8, 4) is 0 Å². The molecule has 1 saturated heterocycles. The first kappa shape index (κ1) is 15.6. The highest BCUT2D eigenvalue weighted by Crippen LogP contribution is 2.19. The summed E-state index contributed by atoms with van der Waals surface area (Å²) in [6.45, 7) is 3.02. The Morgan fingerprint density at radius 2 is 2.35 bits per heavy atom. The van der Waals surface area contributed by atoms with Gasteiger partial charge >= 0.3 is 0 Å². The minimum absolute atomic E-state index is 0.0753. The second-order valence-corrected chi connectivity index (χ2v) is 5.63. The predicted molar refractivity (Wildman–Crippen MR) is 81.5 cm³/mol. The Balaban J connectivity index is 1.65. The predicted octanol–water partition coefficient (Wildman–Crippen LogP) is 1.94. The number of halogens is 1. The molecule has 1 fully saturated rings. The van der Waals surface area contributed by atoms with Crippen molar-refractivity contribution in [1.29, 1.82) is 0 Å². The molecule has 0 aliphatic carbocycles. The highest BCUT2D eigenvalue weighted by molar-refractivity contribution is 5.91. The highest BCUT2D eigenvalue weighted by Gasteiger charge is 2.19. The summed E-state index contributed by atoms with van der Waals surface area (Å²) < 4.78 is 20.8. The standard InChI is InChI=1S/C16H19FN4O2/c1-11(13-6-2-3-7-14(13)17)21-10-15(19-20-21)16(22)18-9-12-5-4-8-23-12/h2-3,6-7,10-12H,4-5,8-9H2,1H3,(H,18,22)/t11-,12-/m1/s1. The van der Waals surface area contributed by atoms with Gasteiger partial charge in [0.05, 0.1) is 18.3 Å². The Labute approximate surface area is 133 Å². The van der Waals surface area contributed by atoms with Crippen molar-refractivity contribution in [3.63, 3.8) is 0 Å². The monoisotopic (exact) mass is 318 g/mol. The summed E-state index contributed by atoms with van der Waals surface area (Å²) in [6, 6.07) is 6.15. The van der Waals surface area contributed by atoms with Crippen LogP contribution in [0.5, 0.6) is 0 Å². The number of carbonyl (C=O) groups excluding carboxylic acids is 1. The molecule has 0 saturated carbocycles. The molecule has 0 unspecified atom stereocenters. The number of amides is 1. The zero-order valence-electron chi connectivity index (χ0n) is 12.9. The zero-order chi connectivity index (χ0) is 16.2. The average molecular weight is 318 g/mol. The molecule has 0 bridgehead atoms. The molecule has 122 valence electrons. The van der Waals surface area contributed by atoms with E-state index < -0.39 is 0 Å². The van der Waals surface area contributed by atoms with Crippen molar-refractivity contribution in [1.82, 2.24) is 20.3 Å². The molecule has 0 radical (unpaired) electrons. The van der Waals surface area contributed by atoms with Crippen molar-refractivity contribution >= 4 is 5.91 Å². The summed E-state index contributed by atoms with van der Waals surface area (Å²) in [5.41, 5.74) is 0.718. The first-order chi connectivity index (χ1) is 11.1.